The largest absolute Gasteiger partial charge is 0.462 e. The number of aromatic amines is 1. The predicted molar refractivity (Wildman–Crippen MR) is 98.6 cm³/mol. The number of H-pyrrole nitrogens is 1. The molecule has 0 atom stereocenters. The van der Waals surface area contributed by atoms with Crippen molar-refractivity contribution in [1.82, 2.24) is 4.98 Å². The average Bonchev–Trinajstić information content (AvgIpc) is 2.68. The van der Waals surface area contributed by atoms with Crippen molar-refractivity contribution < 1.29 is 9.53 Å². The normalized spacial score (nSPS) is 14.0. The van der Waals surface area contributed by atoms with Crippen LogP contribution in [0.15, 0.2) is 41.2 Å². The van der Waals surface area contributed by atoms with Crippen LogP contribution in [0.3, 0.4) is 0 Å². The van der Waals surface area contributed by atoms with E-state index in [0.29, 0.717) is 18.9 Å². The van der Waals surface area contributed by atoms with E-state index in [-0.39, 0.29) is 17.7 Å². The molecule has 1 aliphatic heterocycles. The van der Waals surface area contributed by atoms with Crippen LogP contribution in [0.25, 0.3) is 0 Å². The van der Waals surface area contributed by atoms with Crippen LogP contribution in [0.1, 0.15) is 22.8 Å². The van der Waals surface area contributed by atoms with Crippen LogP contribution < -0.4 is 15.4 Å². The van der Waals surface area contributed by atoms with Crippen LogP contribution >= 0.6 is 0 Å². The Hall–Kier alpha value is -3.27. The first kappa shape index (κ1) is 17.5. The first-order valence-corrected chi connectivity index (χ1v) is 8.53. The third-order valence-corrected chi connectivity index (χ3v) is 4.35. The lowest BCUT2D eigenvalue weighted by Gasteiger charge is -2.37. The summed E-state index contributed by atoms with van der Waals surface area (Å²) in [6.07, 6.45) is 0. The summed E-state index contributed by atoms with van der Waals surface area (Å²) < 4.78 is 4.97. The van der Waals surface area contributed by atoms with Gasteiger partial charge < -0.3 is 19.5 Å². The summed E-state index contributed by atoms with van der Waals surface area (Å²) in [4.78, 5) is 31.0. The highest BCUT2D eigenvalue weighted by Crippen LogP contribution is 2.23. The maximum Gasteiger partial charge on any atom is 0.339 e. The van der Waals surface area contributed by atoms with E-state index in [1.807, 2.05) is 29.2 Å². The molecule has 0 spiro atoms. The second-order valence-corrected chi connectivity index (χ2v) is 5.91. The summed E-state index contributed by atoms with van der Waals surface area (Å²) in [5.41, 5.74) is 0.878. The van der Waals surface area contributed by atoms with E-state index in [9.17, 15) is 14.9 Å². The van der Waals surface area contributed by atoms with Gasteiger partial charge in [-0.2, -0.15) is 5.26 Å². The van der Waals surface area contributed by atoms with Gasteiger partial charge in [0, 0.05) is 37.9 Å². The fourth-order valence-corrected chi connectivity index (χ4v) is 3.09. The maximum absolute atomic E-state index is 12.1. The van der Waals surface area contributed by atoms with E-state index >= 15 is 0 Å². The number of anilines is 2. The number of esters is 1. The van der Waals surface area contributed by atoms with Crippen molar-refractivity contribution in [3.05, 3.63) is 57.9 Å². The summed E-state index contributed by atoms with van der Waals surface area (Å²) in [5, 5.41) is 9.55. The Morgan fingerprint density at radius 1 is 1.19 bits per heavy atom. The maximum atomic E-state index is 12.1. The summed E-state index contributed by atoms with van der Waals surface area (Å²) in [5.74, 6) is -0.268. The van der Waals surface area contributed by atoms with E-state index in [0.717, 1.165) is 24.8 Å². The molecule has 0 radical (unpaired) electrons. The highest BCUT2D eigenvalue weighted by Gasteiger charge is 2.24. The minimum absolute atomic E-state index is 0.0126. The highest BCUT2D eigenvalue weighted by atomic mass is 16.5. The van der Waals surface area contributed by atoms with Crippen LogP contribution in [0.4, 0.5) is 11.5 Å². The van der Waals surface area contributed by atoms with Crippen molar-refractivity contribution in [3.63, 3.8) is 0 Å². The number of hydrogen-bond acceptors (Lipinski definition) is 6. The number of hydrogen-bond donors (Lipinski definition) is 1. The minimum Gasteiger partial charge on any atom is -0.462 e. The van der Waals surface area contributed by atoms with Crippen molar-refractivity contribution in [1.29, 1.82) is 5.26 Å². The van der Waals surface area contributed by atoms with Crippen molar-refractivity contribution in [2.45, 2.75) is 6.92 Å². The third kappa shape index (κ3) is 3.54. The fourth-order valence-electron chi connectivity index (χ4n) is 3.09. The minimum atomic E-state index is -0.653. The Balaban J connectivity index is 1.85. The Morgan fingerprint density at radius 3 is 2.46 bits per heavy atom. The highest BCUT2D eigenvalue weighted by molar-refractivity contribution is 5.93. The van der Waals surface area contributed by atoms with Gasteiger partial charge in [0.15, 0.2) is 0 Å². The molecular weight excluding hydrogens is 332 g/mol. The topological polar surface area (TPSA) is 89.4 Å². The number of ether oxygens (including phenoxy) is 1. The first-order valence-electron chi connectivity index (χ1n) is 8.53. The van der Waals surface area contributed by atoms with Crippen LogP contribution in [0.2, 0.25) is 0 Å². The van der Waals surface area contributed by atoms with Crippen molar-refractivity contribution in [2.75, 3.05) is 42.6 Å². The van der Waals surface area contributed by atoms with Crippen LogP contribution in [-0.2, 0) is 4.74 Å². The molecule has 3 rings (SSSR count). The van der Waals surface area contributed by atoms with Gasteiger partial charge in [-0.15, -0.1) is 0 Å². The van der Waals surface area contributed by atoms with Gasteiger partial charge in [0.1, 0.15) is 17.5 Å². The summed E-state index contributed by atoms with van der Waals surface area (Å²) >= 11 is 0. The number of benzene rings is 1. The van der Waals surface area contributed by atoms with Gasteiger partial charge in [0.05, 0.1) is 12.2 Å². The van der Waals surface area contributed by atoms with Crippen LogP contribution in [0.5, 0.6) is 0 Å². The standard InChI is InChI=1S/C19H20N4O3/c1-2-26-19(25)15-12-17(24)21-18(16(15)13-20)23-10-8-22(9-11-23)14-6-4-3-5-7-14/h3-7,12H,2,8-11H2,1H3,(H,21,24). The molecule has 0 bridgehead atoms. The van der Waals surface area contributed by atoms with Crippen molar-refractivity contribution >= 4 is 17.5 Å². The molecule has 0 saturated carbocycles. The molecule has 0 amide bonds. The van der Waals surface area contributed by atoms with E-state index in [1.165, 1.54) is 0 Å². The van der Waals surface area contributed by atoms with Gasteiger partial charge in [-0.1, -0.05) is 18.2 Å². The Kier molecular flexibility index (Phi) is 5.23. The van der Waals surface area contributed by atoms with Gasteiger partial charge in [-0.3, -0.25) is 4.79 Å². The Morgan fingerprint density at radius 2 is 1.85 bits per heavy atom. The molecule has 0 unspecified atom stereocenters. The lowest BCUT2D eigenvalue weighted by atomic mass is 10.1. The van der Waals surface area contributed by atoms with Gasteiger partial charge >= 0.3 is 5.97 Å². The summed E-state index contributed by atoms with van der Waals surface area (Å²) in [7, 11) is 0. The average molecular weight is 352 g/mol. The number of nitriles is 1. The third-order valence-electron chi connectivity index (χ3n) is 4.35. The van der Waals surface area contributed by atoms with Crippen LogP contribution in [0, 0.1) is 11.3 Å². The lowest BCUT2D eigenvalue weighted by Crippen LogP contribution is -2.47. The van der Waals surface area contributed by atoms with Gasteiger partial charge in [0.2, 0.25) is 5.56 Å². The number of aromatic nitrogens is 1. The molecular formula is C19H20N4O3. The number of pyridine rings is 1. The SMILES string of the molecule is CCOC(=O)c1cc(=O)[nH]c(N2CCN(c3ccccc3)CC2)c1C#N. The van der Waals surface area contributed by atoms with Gasteiger partial charge in [-0.05, 0) is 19.1 Å². The smallest absolute Gasteiger partial charge is 0.339 e. The molecule has 2 aromatic rings. The van der Waals surface area contributed by atoms with Crippen molar-refractivity contribution in [2.24, 2.45) is 0 Å². The van der Waals surface area contributed by atoms with Gasteiger partial charge in [0.25, 0.3) is 0 Å². The predicted octanol–water partition coefficient (Wildman–Crippen LogP) is 1.75. The molecule has 0 aliphatic carbocycles. The molecule has 26 heavy (non-hydrogen) atoms. The van der Waals surface area contributed by atoms with Crippen LogP contribution in [-0.4, -0.2) is 43.7 Å². The molecule has 1 aliphatic rings. The molecule has 7 heteroatoms. The zero-order valence-electron chi connectivity index (χ0n) is 14.6. The number of para-hydroxylation sites is 1. The molecule has 1 aromatic heterocycles. The molecule has 1 aromatic carbocycles. The summed E-state index contributed by atoms with van der Waals surface area (Å²) in [6.45, 7) is 4.63. The molecule has 1 saturated heterocycles. The molecule has 7 nitrogen and oxygen atoms in total. The molecule has 2 heterocycles. The zero-order chi connectivity index (χ0) is 18.5. The van der Waals surface area contributed by atoms with E-state index < -0.39 is 11.5 Å². The number of carbonyl (C=O) groups is 1. The van der Waals surface area contributed by atoms with Crippen molar-refractivity contribution in [3.8, 4) is 6.07 Å². The lowest BCUT2D eigenvalue weighted by molar-refractivity contribution is 0.0525. The van der Waals surface area contributed by atoms with E-state index in [2.05, 4.69) is 22.0 Å². The van der Waals surface area contributed by atoms with E-state index in [4.69, 9.17) is 4.74 Å². The zero-order valence-corrected chi connectivity index (χ0v) is 14.6. The quantitative estimate of drug-likeness (QED) is 0.843. The number of piperazine rings is 1. The van der Waals surface area contributed by atoms with E-state index in [1.54, 1.807) is 6.92 Å². The number of nitrogens with one attached hydrogen (secondary N) is 1. The second-order valence-electron chi connectivity index (χ2n) is 5.91. The molecule has 1 fully saturated rings. The summed E-state index contributed by atoms with van der Waals surface area (Å²) in [6, 6.07) is 13.2. The molecule has 134 valence electrons. The fraction of sp³-hybridized carbons (Fsp3) is 0.316. The number of carbonyl (C=O) groups excluding carboxylic acids is 1. The monoisotopic (exact) mass is 352 g/mol. The Labute approximate surface area is 151 Å². The second kappa shape index (κ2) is 7.74. The molecule has 1 N–H and O–H groups in total. The Bertz CT molecular complexity index is 878. The number of rotatable bonds is 4. The first-order chi connectivity index (χ1) is 12.6. The number of nitrogens with zero attached hydrogens (tertiary/aromatic N) is 3. The van der Waals surface area contributed by atoms with Gasteiger partial charge in [-0.25, -0.2) is 4.79 Å².